The van der Waals surface area contributed by atoms with E-state index in [1.165, 1.54) is 0 Å². The first-order valence-electron chi connectivity index (χ1n) is 4.03. The van der Waals surface area contributed by atoms with Crippen LogP contribution in [0.1, 0.15) is 23.2 Å². The predicted molar refractivity (Wildman–Crippen MR) is 44.5 cm³/mol. The van der Waals surface area contributed by atoms with E-state index in [9.17, 15) is 22.0 Å². The Labute approximate surface area is 86.7 Å². The van der Waals surface area contributed by atoms with Crippen molar-refractivity contribution in [1.29, 1.82) is 0 Å². The highest BCUT2D eigenvalue weighted by Crippen LogP contribution is 2.35. The molecule has 0 bridgehead atoms. The molecule has 0 saturated heterocycles. The van der Waals surface area contributed by atoms with E-state index >= 15 is 0 Å². The number of nitrogens with zero attached hydrogens (tertiary/aromatic N) is 1. The third-order valence-corrected chi connectivity index (χ3v) is 1.84. The van der Waals surface area contributed by atoms with Crippen molar-refractivity contribution < 1.29 is 27.1 Å². The monoisotopic (exact) mass is 242 g/mol. The van der Waals surface area contributed by atoms with Crippen LogP contribution in [0.4, 0.5) is 27.8 Å². The lowest BCUT2D eigenvalue weighted by Crippen LogP contribution is -2.16. The van der Waals surface area contributed by atoms with Crippen LogP contribution in [0, 0.1) is 0 Å². The number of nitrogens with two attached hydrogens (primary N) is 1. The molecule has 0 aromatic carbocycles. The Morgan fingerprint density at radius 1 is 1.38 bits per heavy atom. The molecule has 0 radical (unpaired) electrons. The Hall–Kier alpha value is -1.44. The van der Waals surface area contributed by atoms with Crippen molar-refractivity contribution in [2.24, 2.45) is 0 Å². The van der Waals surface area contributed by atoms with Gasteiger partial charge in [-0.3, -0.25) is 0 Å². The number of aliphatic hydroxyl groups excluding tert-OH is 1. The number of aromatic nitrogens is 1. The molecule has 0 spiro atoms. The normalized spacial score (nSPS) is 12.2. The molecule has 1 rings (SSSR count). The van der Waals surface area contributed by atoms with Crippen LogP contribution in [0.2, 0.25) is 0 Å². The maximum Gasteiger partial charge on any atom is 0.433 e. The summed E-state index contributed by atoms with van der Waals surface area (Å²) >= 11 is 0. The van der Waals surface area contributed by atoms with Gasteiger partial charge in [-0.2, -0.15) is 13.2 Å². The van der Waals surface area contributed by atoms with Gasteiger partial charge in [-0.05, 0) is 6.07 Å². The molecule has 0 atom stereocenters. The highest BCUT2D eigenvalue weighted by molar-refractivity contribution is 5.42. The lowest BCUT2D eigenvalue weighted by molar-refractivity contribution is -0.142. The second-order valence-corrected chi connectivity index (χ2v) is 2.92. The average Bonchev–Trinajstić information content (AvgIpc) is 2.14. The Bertz CT molecular complexity index is 391. The van der Waals surface area contributed by atoms with Crippen LogP contribution in [0.15, 0.2) is 6.07 Å². The minimum Gasteiger partial charge on any atom is -0.392 e. The lowest BCUT2D eigenvalue weighted by Gasteiger charge is -2.14. The van der Waals surface area contributed by atoms with E-state index in [-0.39, 0.29) is 0 Å². The third-order valence-electron chi connectivity index (χ3n) is 1.84. The van der Waals surface area contributed by atoms with Gasteiger partial charge in [0.05, 0.1) is 6.61 Å². The molecule has 0 unspecified atom stereocenters. The van der Waals surface area contributed by atoms with Gasteiger partial charge in [0.25, 0.3) is 6.43 Å². The molecule has 16 heavy (non-hydrogen) atoms. The minimum atomic E-state index is -4.93. The van der Waals surface area contributed by atoms with Crippen molar-refractivity contribution in [3.8, 4) is 0 Å². The first-order valence-corrected chi connectivity index (χ1v) is 4.03. The summed E-state index contributed by atoms with van der Waals surface area (Å²) in [6.07, 6.45) is -8.09. The maximum absolute atomic E-state index is 12.4. The Morgan fingerprint density at radius 3 is 2.31 bits per heavy atom. The molecule has 3 N–H and O–H groups in total. The van der Waals surface area contributed by atoms with Gasteiger partial charge in [0.1, 0.15) is 5.82 Å². The largest absolute Gasteiger partial charge is 0.433 e. The van der Waals surface area contributed by atoms with Gasteiger partial charge in [-0.15, -0.1) is 0 Å². The van der Waals surface area contributed by atoms with Gasteiger partial charge >= 0.3 is 6.18 Å². The number of pyridine rings is 1. The van der Waals surface area contributed by atoms with Gasteiger partial charge in [-0.25, -0.2) is 13.8 Å². The van der Waals surface area contributed by atoms with Crippen LogP contribution < -0.4 is 5.73 Å². The van der Waals surface area contributed by atoms with E-state index in [0.717, 1.165) is 0 Å². The second-order valence-electron chi connectivity index (χ2n) is 2.92. The van der Waals surface area contributed by atoms with Crippen LogP contribution in [0.3, 0.4) is 0 Å². The minimum absolute atomic E-state index is 0.617. The topological polar surface area (TPSA) is 59.1 Å². The lowest BCUT2D eigenvalue weighted by atomic mass is 10.1. The standard InChI is InChI=1S/C8H7F5N2O/c9-7(10)3-1-5(14)15-6(4(3)2-16)8(11,12)13/h1,7,16H,2H2,(H2,14,15). The summed E-state index contributed by atoms with van der Waals surface area (Å²) in [4.78, 5) is 2.92. The Balaban J connectivity index is 3.49. The first-order chi connectivity index (χ1) is 7.27. The van der Waals surface area contributed by atoms with Crippen LogP contribution >= 0.6 is 0 Å². The van der Waals surface area contributed by atoms with Crippen molar-refractivity contribution in [2.75, 3.05) is 5.73 Å². The summed E-state index contributed by atoms with van der Waals surface area (Å²) in [5.74, 6) is -0.667. The van der Waals surface area contributed by atoms with Gasteiger partial charge in [0.2, 0.25) is 0 Å². The second kappa shape index (κ2) is 4.20. The summed E-state index contributed by atoms with van der Waals surface area (Å²) in [5, 5.41) is 8.69. The molecule has 0 aliphatic rings. The summed E-state index contributed by atoms with van der Waals surface area (Å²) in [6.45, 7) is -1.18. The predicted octanol–water partition coefficient (Wildman–Crippen LogP) is 2.11. The van der Waals surface area contributed by atoms with Crippen molar-refractivity contribution >= 4 is 5.82 Å². The Kier molecular flexibility index (Phi) is 3.32. The number of nitrogen functional groups attached to an aromatic ring is 1. The van der Waals surface area contributed by atoms with Gasteiger partial charge in [0.15, 0.2) is 5.69 Å². The fourth-order valence-corrected chi connectivity index (χ4v) is 1.21. The summed E-state index contributed by atoms with van der Waals surface area (Å²) in [6, 6.07) is 0.617. The Morgan fingerprint density at radius 2 is 1.94 bits per heavy atom. The summed E-state index contributed by atoms with van der Waals surface area (Å²) in [5.41, 5.74) is 1.51. The average molecular weight is 242 g/mol. The fraction of sp³-hybridized carbons (Fsp3) is 0.375. The molecule has 8 heteroatoms. The molecular weight excluding hydrogens is 235 g/mol. The smallest absolute Gasteiger partial charge is 0.392 e. The number of hydrogen-bond acceptors (Lipinski definition) is 3. The zero-order chi connectivity index (χ0) is 12.5. The van der Waals surface area contributed by atoms with E-state index in [1.807, 2.05) is 0 Å². The number of aliphatic hydroxyl groups is 1. The number of halogens is 5. The fourth-order valence-electron chi connectivity index (χ4n) is 1.21. The van der Waals surface area contributed by atoms with Gasteiger partial charge in [0, 0.05) is 11.1 Å². The maximum atomic E-state index is 12.4. The number of hydrogen-bond donors (Lipinski definition) is 2. The SMILES string of the molecule is Nc1cc(C(F)F)c(CO)c(C(F)(F)F)n1. The molecule has 1 aromatic heterocycles. The number of rotatable bonds is 2. The highest BCUT2D eigenvalue weighted by atomic mass is 19.4. The first kappa shape index (κ1) is 12.6. The molecule has 0 amide bonds. The summed E-state index contributed by atoms with van der Waals surface area (Å²) < 4.78 is 62.0. The van der Waals surface area contributed by atoms with E-state index in [0.29, 0.717) is 6.07 Å². The molecular formula is C8H7F5N2O. The molecule has 1 aromatic rings. The molecule has 90 valence electrons. The van der Waals surface area contributed by atoms with Crippen molar-refractivity contribution in [3.05, 3.63) is 22.9 Å². The zero-order valence-electron chi connectivity index (χ0n) is 7.72. The van der Waals surface area contributed by atoms with E-state index < -0.39 is 41.8 Å². The van der Waals surface area contributed by atoms with Gasteiger partial charge < -0.3 is 10.8 Å². The molecule has 0 fully saturated rings. The van der Waals surface area contributed by atoms with E-state index in [1.54, 1.807) is 0 Å². The molecule has 0 aliphatic carbocycles. The van der Waals surface area contributed by atoms with Crippen LogP contribution in [0.5, 0.6) is 0 Å². The van der Waals surface area contributed by atoms with Crippen molar-refractivity contribution in [2.45, 2.75) is 19.2 Å². The van der Waals surface area contributed by atoms with Crippen LogP contribution in [-0.4, -0.2) is 10.1 Å². The zero-order valence-corrected chi connectivity index (χ0v) is 7.72. The van der Waals surface area contributed by atoms with E-state index in [2.05, 4.69) is 4.98 Å². The quantitative estimate of drug-likeness (QED) is 0.781. The van der Waals surface area contributed by atoms with Crippen LogP contribution in [0.25, 0.3) is 0 Å². The van der Waals surface area contributed by atoms with Gasteiger partial charge in [-0.1, -0.05) is 0 Å². The molecule has 0 saturated carbocycles. The van der Waals surface area contributed by atoms with Crippen molar-refractivity contribution in [3.63, 3.8) is 0 Å². The third kappa shape index (κ3) is 2.38. The molecule has 0 aliphatic heterocycles. The number of anilines is 1. The highest BCUT2D eigenvalue weighted by Gasteiger charge is 2.37. The number of alkyl halides is 5. The molecule has 3 nitrogen and oxygen atoms in total. The molecule has 1 heterocycles. The van der Waals surface area contributed by atoms with Crippen LogP contribution in [-0.2, 0) is 12.8 Å². The van der Waals surface area contributed by atoms with Crippen molar-refractivity contribution in [1.82, 2.24) is 4.98 Å². The van der Waals surface area contributed by atoms with E-state index in [4.69, 9.17) is 10.8 Å². The summed E-state index contributed by atoms with van der Waals surface area (Å²) in [7, 11) is 0.